The van der Waals surface area contributed by atoms with Gasteiger partial charge in [-0.1, -0.05) is 12.5 Å². The molecule has 5 nitrogen and oxygen atoms in total. The summed E-state index contributed by atoms with van der Waals surface area (Å²) in [5, 5.41) is 9.26. The van der Waals surface area contributed by atoms with Crippen molar-refractivity contribution in [1.82, 2.24) is 0 Å². The van der Waals surface area contributed by atoms with Crippen LogP contribution in [0.3, 0.4) is 0 Å². The predicted molar refractivity (Wildman–Crippen MR) is 56.2 cm³/mol. The molecule has 0 spiro atoms. The minimum absolute atomic E-state index is 0.154. The molecule has 0 fully saturated rings. The summed E-state index contributed by atoms with van der Waals surface area (Å²) in [6, 6.07) is 0. The van der Waals surface area contributed by atoms with Crippen molar-refractivity contribution in [2.45, 2.75) is 19.4 Å². The lowest BCUT2D eigenvalue weighted by Crippen LogP contribution is -2.25. The monoisotopic (exact) mass is 226 g/mol. The number of aliphatic hydroxyl groups is 1. The van der Waals surface area contributed by atoms with E-state index in [4.69, 9.17) is 6.42 Å². The standard InChI is InChI=1S/C11H14O5/c1-4-5-10(13)15-6-9(12)7-16-11(14)8(2)3/h1,9,12H,2,5-7H2,3H3. The van der Waals surface area contributed by atoms with Gasteiger partial charge in [-0.25, -0.2) is 4.79 Å². The van der Waals surface area contributed by atoms with Gasteiger partial charge in [0.2, 0.25) is 0 Å². The Morgan fingerprint density at radius 2 is 2.00 bits per heavy atom. The zero-order valence-electron chi connectivity index (χ0n) is 9.06. The SMILES string of the molecule is C#CCC(=O)OCC(O)COC(=O)C(=C)C. The molecule has 0 aromatic rings. The Labute approximate surface area is 94.0 Å². The average Bonchev–Trinajstić information content (AvgIpc) is 2.23. The van der Waals surface area contributed by atoms with Crippen LogP contribution in [0.1, 0.15) is 13.3 Å². The maximum atomic E-state index is 10.9. The highest BCUT2D eigenvalue weighted by Crippen LogP contribution is 1.95. The molecule has 0 aromatic carbocycles. The zero-order valence-corrected chi connectivity index (χ0v) is 9.06. The van der Waals surface area contributed by atoms with E-state index < -0.39 is 18.0 Å². The number of ether oxygens (including phenoxy) is 2. The molecule has 1 unspecified atom stereocenters. The summed E-state index contributed by atoms with van der Waals surface area (Å²) in [5.74, 6) is 0.897. The van der Waals surface area contributed by atoms with Crippen molar-refractivity contribution >= 4 is 11.9 Å². The van der Waals surface area contributed by atoms with Crippen LogP contribution in [-0.4, -0.2) is 36.4 Å². The molecule has 1 N–H and O–H groups in total. The Morgan fingerprint density at radius 3 is 2.50 bits per heavy atom. The lowest BCUT2D eigenvalue weighted by atomic mass is 10.3. The minimum atomic E-state index is -1.06. The van der Waals surface area contributed by atoms with Crippen LogP contribution in [0, 0.1) is 12.3 Å². The number of carbonyl (C=O) groups excluding carboxylic acids is 2. The summed E-state index contributed by atoms with van der Waals surface area (Å²) in [6.07, 6.45) is 3.66. The lowest BCUT2D eigenvalue weighted by molar-refractivity contribution is -0.149. The van der Waals surface area contributed by atoms with Crippen LogP contribution in [0.25, 0.3) is 0 Å². The third-order valence-electron chi connectivity index (χ3n) is 1.44. The largest absolute Gasteiger partial charge is 0.462 e. The fourth-order valence-electron chi connectivity index (χ4n) is 0.667. The van der Waals surface area contributed by atoms with Crippen molar-refractivity contribution in [3.63, 3.8) is 0 Å². The molecule has 5 heteroatoms. The van der Waals surface area contributed by atoms with E-state index in [1.54, 1.807) is 0 Å². The summed E-state index contributed by atoms with van der Waals surface area (Å²) >= 11 is 0. The van der Waals surface area contributed by atoms with E-state index in [0.717, 1.165) is 0 Å². The summed E-state index contributed by atoms with van der Waals surface area (Å²) in [6.45, 7) is 4.34. The summed E-state index contributed by atoms with van der Waals surface area (Å²) < 4.78 is 9.23. The molecule has 1 atom stereocenters. The molecule has 0 saturated carbocycles. The highest BCUT2D eigenvalue weighted by Gasteiger charge is 2.11. The van der Waals surface area contributed by atoms with E-state index in [-0.39, 0.29) is 25.2 Å². The van der Waals surface area contributed by atoms with Crippen LogP contribution in [0.4, 0.5) is 0 Å². The van der Waals surface area contributed by atoms with E-state index in [9.17, 15) is 14.7 Å². The van der Waals surface area contributed by atoms with Gasteiger partial charge >= 0.3 is 11.9 Å². The highest BCUT2D eigenvalue weighted by atomic mass is 16.6. The van der Waals surface area contributed by atoms with Gasteiger partial charge in [0.1, 0.15) is 25.7 Å². The smallest absolute Gasteiger partial charge is 0.333 e. The van der Waals surface area contributed by atoms with Crippen molar-refractivity contribution < 1.29 is 24.2 Å². The maximum absolute atomic E-state index is 10.9. The number of carbonyl (C=O) groups is 2. The van der Waals surface area contributed by atoms with Gasteiger partial charge < -0.3 is 14.6 Å². The van der Waals surface area contributed by atoms with Crippen molar-refractivity contribution in [3.8, 4) is 12.3 Å². The van der Waals surface area contributed by atoms with E-state index >= 15 is 0 Å². The topological polar surface area (TPSA) is 72.8 Å². The van der Waals surface area contributed by atoms with Gasteiger partial charge in [-0.15, -0.1) is 6.42 Å². The van der Waals surface area contributed by atoms with Gasteiger partial charge in [-0.05, 0) is 6.92 Å². The molecule has 0 aliphatic rings. The fourth-order valence-corrected chi connectivity index (χ4v) is 0.667. The molecule has 0 radical (unpaired) electrons. The number of hydrogen-bond acceptors (Lipinski definition) is 5. The molecule has 88 valence electrons. The molecular formula is C11H14O5. The Morgan fingerprint density at radius 1 is 1.44 bits per heavy atom. The number of hydrogen-bond donors (Lipinski definition) is 1. The lowest BCUT2D eigenvalue weighted by Gasteiger charge is -2.11. The van der Waals surface area contributed by atoms with E-state index in [0.29, 0.717) is 0 Å². The quantitative estimate of drug-likeness (QED) is 0.393. The highest BCUT2D eigenvalue weighted by molar-refractivity contribution is 5.86. The Balaban J connectivity index is 3.71. The molecule has 0 heterocycles. The summed E-state index contributed by atoms with van der Waals surface area (Å²) in [4.78, 5) is 21.7. The number of esters is 2. The van der Waals surface area contributed by atoms with Gasteiger partial charge in [0.15, 0.2) is 0 Å². The minimum Gasteiger partial charge on any atom is -0.462 e. The molecule has 0 aromatic heterocycles. The molecule has 0 amide bonds. The van der Waals surface area contributed by atoms with Crippen LogP contribution in [-0.2, 0) is 19.1 Å². The van der Waals surface area contributed by atoms with Gasteiger partial charge in [0, 0.05) is 5.57 Å². The zero-order chi connectivity index (χ0) is 12.6. The van der Waals surface area contributed by atoms with Gasteiger partial charge in [-0.2, -0.15) is 0 Å². The van der Waals surface area contributed by atoms with Crippen LogP contribution < -0.4 is 0 Å². The molecule has 0 bridgehead atoms. The molecule has 16 heavy (non-hydrogen) atoms. The first-order chi connectivity index (χ1) is 7.47. The first kappa shape index (κ1) is 14.2. The van der Waals surface area contributed by atoms with Gasteiger partial charge in [0.05, 0.1) is 0 Å². The summed E-state index contributed by atoms with van der Waals surface area (Å²) in [5.41, 5.74) is 0.233. The van der Waals surface area contributed by atoms with E-state index in [1.807, 2.05) is 0 Å². The molecular weight excluding hydrogens is 212 g/mol. The van der Waals surface area contributed by atoms with E-state index in [2.05, 4.69) is 22.0 Å². The van der Waals surface area contributed by atoms with Crippen molar-refractivity contribution in [2.24, 2.45) is 0 Å². The van der Waals surface area contributed by atoms with Crippen LogP contribution in [0.5, 0.6) is 0 Å². The van der Waals surface area contributed by atoms with Gasteiger partial charge in [0.25, 0.3) is 0 Å². The fraction of sp³-hybridized carbons (Fsp3) is 0.455. The first-order valence-electron chi connectivity index (χ1n) is 4.57. The Kier molecular flexibility index (Phi) is 6.64. The second-order valence-electron chi connectivity index (χ2n) is 3.10. The maximum Gasteiger partial charge on any atom is 0.333 e. The predicted octanol–water partition coefficient (Wildman–Crippen LogP) is 0.0331. The average molecular weight is 226 g/mol. The van der Waals surface area contributed by atoms with Crippen LogP contribution in [0.2, 0.25) is 0 Å². The van der Waals surface area contributed by atoms with Crippen molar-refractivity contribution in [2.75, 3.05) is 13.2 Å². The van der Waals surface area contributed by atoms with Gasteiger partial charge in [-0.3, -0.25) is 4.79 Å². The third-order valence-corrected chi connectivity index (χ3v) is 1.44. The third kappa shape index (κ3) is 6.62. The molecule has 0 aliphatic carbocycles. The van der Waals surface area contributed by atoms with E-state index in [1.165, 1.54) is 6.92 Å². The number of terminal acetylenes is 1. The normalized spacial score (nSPS) is 11.1. The van der Waals surface area contributed by atoms with Crippen molar-refractivity contribution in [1.29, 1.82) is 0 Å². The second kappa shape index (κ2) is 7.49. The van der Waals surface area contributed by atoms with Crippen molar-refractivity contribution in [3.05, 3.63) is 12.2 Å². The first-order valence-corrected chi connectivity index (χ1v) is 4.57. The molecule has 0 saturated heterocycles. The van der Waals surface area contributed by atoms with Crippen LogP contribution >= 0.6 is 0 Å². The molecule has 0 aliphatic heterocycles. The summed E-state index contributed by atoms with van der Waals surface area (Å²) in [7, 11) is 0. The second-order valence-corrected chi connectivity index (χ2v) is 3.10. The van der Waals surface area contributed by atoms with Crippen LogP contribution in [0.15, 0.2) is 12.2 Å². The number of aliphatic hydroxyl groups excluding tert-OH is 1. The Bertz CT molecular complexity index is 313. The molecule has 0 rings (SSSR count). The Hall–Kier alpha value is -1.80. The number of rotatable bonds is 6.